The third-order valence-corrected chi connectivity index (χ3v) is 4.91. The van der Waals surface area contributed by atoms with Crippen LogP contribution in [0, 0.1) is 11.7 Å². The summed E-state index contributed by atoms with van der Waals surface area (Å²) in [5.41, 5.74) is 0.349. The molecule has 0 aliphatic rings. The molecule has 2 heterocycles. The number of nitrogens with zero attached hydrogens (tertiary/aromatic N) is 4. The first-order valence-electron chi connectivity index (χ1n) is 9.80. The SMILES string of the molecule is COc1cc(F)c([C@@H](C)Cc2nc(N[C@@H](CO)CC(C)C)nc(NS(C)(=O)=O)n2)cn1. The quantitative estimate of drug-likeness (QED) is 0.463. The molecule has 0 aliphatic carbocycles. The van der Waals surface area contributed by atoms with Crippen LogP contribution in [0.1, 0.15) is 44.5 Å². The van der Waals surface area contributed by atoms with Gasteiger partial charge < -0.3 is 15.2 Å². The average Bonchev–Trinajstić information content (AvgIpc) is 2.65. The van der Waals surface area contributed by atoms with Crippen LogP contribution in [0.2, 0.25) is 0 Å². The lowest BCUT2D eigenvalue weighted by Crippen LogP contribution is -2.27. The molecule has 0 aromatic carbocycles. The van der Waals surface area contributed by atoms with E-state index in [0.29, 0.717) is 17.9 Å². The van der Waals surface area contributed by atoms with Crippen molar-refractivity contribution in [2.75, 3.05) is 30.0 Å². The highest BCUT2D eigenvalue weighted by atomic mass is 32.2. The van der Waals surface area contributed by atoms with Crippen LogP contribution >= 0.6 is 0 Å². The van der Waals surface area contributed by atoms with Gasteiger partial charge in [-0.15, -0.1) is 0 Å². The van der Waals surface area contributed by atoms with Gasteiger partial charge in [0.15, 0.2) is 0 Å². The Bertz CT molecular complexity index is 989. The van der Waals surface area contributed by atoms with E-state index in [1.165, 1.54) is 19.4 Å². The second-order valence-corrected chi connectivity index (χ2v) is 9.53. The highest BCUT2D eigenvalue weighted by molar-refractivity contribution is 7.91. The van der Waals surface area contributed by atoms with Crippen molar-refractivity contribution < 1.29 is 22.7 Å². The molecule has 0 saturated heterocycles. The minimum atomic E-state index is -3.62. The number of halogens is 1. The molecule has 2 aromatic rings. The van der Waals surface area contributed by atoms with Crippen molar-refractivity contribution in [3.05, 3.63) is 29.5 Å². The van der Waals surface area contributed by atoms with Crippen LogP contribution in [-0.4, -0.2) is 59.5 Å². The molecular weight excluding hydrogens is 427 g/mol. The van der Waals surface area contributed by atoms with Crippen LogP contribution in [0.15, 0.2) is 12.3 Å². The monoisotopic (exact) mass is 456 g/mol. The number of methoxy groups -OCH3 is 1. The van der Waals surface area contributed by atoms with Gasteiger partial charge in [0.25, 0.3) is 0 Å². The van der Waals surface area contributed by atoms with Gasteiger partial charge in [-0.2, -0.15) is 15.0 Å². The van der Waals surface area contributed by atoms with Crippen molar-refractivity contribution in [2.45, 2.75) is 45.6 Å². The van der Waals surface area contributed by atoms with Crippen LogP contribution in [0.3, 0.4) is 0 Å². The number of sulfonamides is 1. The summed E-state index contributed by atoms with van der Waals surface area (Å²) in [6, 6.07) is 0.877. The van der Waals surface area contributed by atoms with Gasteiger partial charge >= 0.3 is 0 Å². The fraction of sp³-hybridized carbons (Fsp3) is 0.579. The lowest BCUT2D eigenvalue weighted by molar-refractivity contribution is 0.259. The van der Waals surface area contributed by atoms with E-state index in [9.17, 15) is 17.9 Å². The number of aliphatic hydroxyl groups is 1. The van der Waals surface area contributed by atoms with Gasteiger partial charge in [-0.1, -0.05) is 20.8 Å². The summed E-state index contributed by atoms with van der Waals surface area (Å²) in [4.78, 5) is 16.6. The normalized spacial score (nSPS) is 13.7. The van der Waals surface area contributed by atoms with Crippen molar-refractivity contribution in [3.63, 3.8) is 0 Å². The number of ether oxygens (including phenoxy) is 1. The number of pyridine rings is 1. The van der Waals surface area contributed by atoms with Gasteiger partial charge in [-0.3, -0.25) is 4.72 Å². The smallest absolute Gasteiger partial charge is 0.241 e. The summed E-state index contributed by atoms with van der Waals surface area (Å²) in [6.07, 6.45) is 3.24. The Morgan fingerprint density at radius 1 is 1.19 bits per heavy atom. The number of hydrogen-bond donors (Lipinski definition) is 3. The van der Waals surface area contributed by atoms with E-state index in [4.69, 9.17) is 4.74 Å². The van der Waals surface area contributed by atoms with Gasteiger partial charge in [0.05, 0.1) is 26.0 Å². The minimum Gasteiger partial charge on any atom is -0.481 e. The molecule has 2 rings (SSSR count). The fourth-order valence-electron chi connectivity index (χ4n) is 3.00. The summed E-state index contributed by atoms with van der Waals surface area (Å²) < 4.78 is 44.9. The molecule has 31 heavy (non-hydrogen) atoms. The maximum Gasteiger partial charge on any atom is 0.241 e. The molecule has 0 unspecified atom stereocenters. The molecule has 0 fully saturated rings. The highest BCUT2D eigenvalue weighted by Gasteiger charge is 2.19. The standard InChI is InChI=1S/C19H29FN6O4S/c1-11(2)6-13(10-27)22-18-23-16(24-19(25-18)26-31(5,28)29)7-12(3)14-9-21-17(30-4)8-15(14)20/h8-9,11-13,27H,6-7,10H2,1-5H3,(H2,22,23,24,25,26)/t12-,13+/m0/s1. The number of nitrogens with one attached hydrogen (secondary N) is 2. The van der Waals surface area contributed by atoms with Crippen LogP contribution in [0.4, 0.5) is 16.3 Å². The van der Waals surface area contributed by atoms with E-state index < -0.39 is 15.8 Å². The number of anilines is 2. The van der Waals surface area contributed by atoms with Gasteiger partial charge in [0.1, 0.15) is 11.6 Å². The Morgan fingerprint density at radius 3 is 2.42 bits per heavy atom. The third kappa shape index (κ3) is 7.87. The maximum absolute atomic E-state index is 14.4. The van der Waals surface area contributed by atoms with Crippen LogP contribution in [0.5, 0.6) is 5.88 Å². The predicted molar refractivity (Wildman–Crippen MR) is 115 cm³/mol. The Morgan fingerprint density at radius 2 is 1.87 bits per heavy atom. The Labute approximate surface area is 181 Å². The van der Waals surface area contributed by atoms with Gasteiger partial charge in [0, 0.05) is 24.2 Å². The summed E-state index contributed by atoms with van der Waals surface area (Å²) >= 11 is 0. The van der Waals surface area contributed by atoms with Crippen molar-refractivity contribution >= 4 is 21.9 Å². The number of aliphatic hydroxyl groups excluding tert-OH is 1. The summed E-state index contributed by atoms with van der Waals surface area (Å²) in [5, 5.41) is 12.6. The lowest BCUT2D eigenvalue weighted by Gasteiger charge is -2.19. The van der Waals surface area contributed by atoms with Crippen molar-refractivity contribution in [1.29, 1.82) is 0 Å². The Balaban J connectivity index is 2.33. The van der Waals surface area contributed by atoms with E-state index in [1.54, 1.807) is 6.92 Å². The average molecular weight is 457 g/mol. The molecule has 10 nitrogen and oxygen atoms in total. The van der Waals surface area contributed by atoms with Crippen LogP contribution in [-0.2, 0) is 16.4 Å². The van der Waals surface area contributed by atoms with Crippen LogP contribution < -0.4 is 14.8 Å². The highest BCUT2D eigenvalue weighted by Crippen LogP contribution is 2.24. The van der Waals surface area contributed by atoms with Crippen molar-refractivity contribution in [2.24, 2.45) is 5.92 Å². The van der Waals surface area contributed by atoms with E-state index in [0.717, 1.165) is 6.26 Å². The van der Waals surface area contributed by atoms with E-state index >= 15 is 0 Å². The first kappa shape index (κ1) is 24.7. The zero-order valence-corrected chi connectivity index (χ0v) is 19.1. The molecule has 172 valence electrons. The lowest BCUT2D eigenvalue weighted by atomic mass is 9.98. The van der Waals surface area contributed by atoms with Crippen LogP contribution in [0.25, 0.3) is 0 Å². The first-order valence-corrected chi connectivity index (χ1v) is 11.7. The molecule has 0 saturated carbocycles. The zero-order chi connectivity index (χ0) is 23.2. The summed E-state index contributed by atoms with van der Waals surface area (Å²) in [6.45, 7) is 5.66. The molecule has 12 heteroatoms. The third-order valence-electron chi connectivity index (χ3n) is 4.35. The Kier molecular flexibility index (Phi) is 8.45. The maximum atomic E-state index is 14.4. The molecular formula is C19H29FN6O4S. The second-order valence-electron chi connectivity index (χ2n) is 7.78. The summed E-state index contributed by atoms with van der Waals surface area (Å²) in [5.74, 6) is -0.131. The molecule has 0 spiro atoms. The van der Waals surface area contributed by atoms with Gasteiger partial charge in [-0.05, 0) is 18.3 Å². The molecule has 0 radical (unpaired) electrons. The van der Waals surface area contributed by atoms with E-state index in [2.05, 4.69) is 30.0 Å². The van der Waals surface area contributed by atoms with Crippen molar-refractivity contribution in [1.82, 2.24) is 19.9 Å². The molecule has 2 aromatic heterocycles. The number of hydrogen-bond acceptors (Lipinski definition) is 9. The number of rotatable bonds is 11. The molecule has 2 atom stereocenters. The molecule has 0 aliphatic heterocycles. The topological polar surface area (TPSA) is 139 Å². The molecule has 3 N–H and O–H groups in total. The van der Waals surface area contributed by atoms with Crippen molar-refractivity contribution in [3.8, 4) is 5.88 Å². The largest absolute Gasteiger partial charge is 0.481 e. The second kappa shape index (κ2) is 10.6. The fourth-order valence-corrected chi connectivity index (χ4v) is 3.42. The predicted octanol–water partition coefficient (Wildman–Crippen LogP) is 1.95. The number of aromatic nitrogens is 4. The van der Waals surface area contributed by atoms with Gasteiger partial charge in [0.2, 0.25) is 27.8 Å². The molecule has 0 bridgehead atoms. The van der Waals surface area contributed by atoms with Gasteiger partial charge in [-0.25, -0.2) is 17.8 Å². The van der Waals surface area contributed by atoms with E-state index in [1.807, 2.05) is 13.8 Å². The minimum absolute atomic E-state index is 0.122. The first-order chi connectivity index (χ1) is 14.5. The Hall–Kier alpha value is -2.60. The zero-order valence-electron chi connectivity index (χ0n) is 18.3. The molecule has 0 amide bonds. The summed E-state index contributed by atoms with van der Waals surface area (Å²) in [7, 11) is -2.22. The van der Waals surface area contributed by atoms with E-state index in [-0.39, 0.29) is 48.6 Å².